The predicted octanol–water partition coefficient (Wildman–Crippen LogP) is 5.35. The lowest BCUT2D eigenvalue weighted by molar-refractivity contribution is 0.120. The average molecular weight is 306 g/mol. The first-order valence-electron chi connectivity index (χ1n) is 8.47. The summed E-state index contributed by atoms with van der Waals surface area (Å²) >= 11 is 1.98. The first-order chi connectivity index (χ1) is 9.64. The number of hydrogen-bond donors (Lipinski definition) is 1. The molecule has 21 heavy (non-hydrogen) atoms. The summed E-state index contributed by atoms with van der Waals surface area (Å²) in [5, 5.41) is 3.90. The van der Waals surface area contributed by atoms with Crippen LogP contribution >= 0.6 is 11.3 Å². The largest absolute Gasteiger partial charge is 0.309 e. The summed E-state index contributed by atoms with van der Waals surface area (Å²) in [5.74, 6) is 0.925. The van der Waals surface area contributed by atoms with E-state index in [0.717, 1.165) is 12.5 Å². The maximum Gasteiger partial charge on any atom is 0.0302 e. The first-order valence-corrected chi connectivity index (χ1v) is 9.29. The van der Waals surface area contributed by atoms with Crippen molar-refractivity contribution < 1.29 is 0 Å². The van der Waals surface area contributed by atoms with Gasteiger partial charge in [-0.3, -0.25) is 0 Å². The van der Waals surface area contributed by atoms with Crippen molar-refractivity contribution in [2.24, 2.45) is 16.7 Å². The lowest BCUT2D eigenvalue weighted by atomic mass is 9.69. The van der Waals surface area contributed by atoms with Crippen molar-refractivity contribution >= 4 is 11.3 Å². The molecule has 118 valence electrons. The Kier molecular flexibility index (Phi) is 3.57. The highest BCUT2D eigenvalue weighted by Crippen LogP contribution is 2.65. The fraction of sp³-hybridized carbons (Fsp3) is 0.789. The monoisotopic (exact) mass is 305 g/mol. The van der Waals surface area contributed by atoms with Gasteiger partial charge in [0.25, 0.3) is 0 Å². The molecular weight excluding hydrogens is 274 g/mol. The van der Waals surface area contributed by atoms with E-state index in [1.807, 2.05) is 11.3 Å². The molecule has 1 heterocycles. The minimum Gasteiger partial charge on any atom is -0.309 e. The summed E-state index contributed by atoms with van der Waals surface area (Å²) in [5.41, 5.74) is 1.28. The molecule has 0 saturated heterocycles. The lowest BCUT2D eigenvalue weighted by Gasteiger charge is -2.39. The summed E-state index contributed by atoms with van der Waals surface area (Å²) in [6.45, 7) is 15.5. The van der Waals surface area contributed by atoms with Gasteiger partial charge in [-0.05, 0) is 53.6 Å². The van der Waals surface area contributed by atoms with Crippen LogP contribution in [0.15, 0.2) is 12.1 Å². The van der Waals surface area contributed by atoms with Crippen LogP contribution in [0.5, 0.6) is 0 Å². The van der Waals surface area contributed by atoms with Gasteiger partial charge in [0.15, 0.2) is 0 Å². The zero-order valence-corrected chi connectivity index (χ0v) is 15.4. The number of fused-ring (bicyclic) bond motifs is 2. The van der Waals surface area contributed by atoms with Gasteiger partial charge in [-0.2, -0.15) is 0 Å². The highest BCUT2D eigenvalue weighted by Gasteiger charge is 2.60. The van der Waals surface area contributed by atoms with Crippen molar-refractivity contribution in [2.75, 3.05) is 0 Å². The van der Waals surface area contributed by atoms with Crippen molar-refractivity contribution in [1.29, 1.82) is 0 Å². The molecule has 1 nitrogen and oxygen atoms in total. The van der Waals surface area contributed by atoms with Gasteiger partial charge in [-0.15, -0.1) is 11.3 Å². The van der Waals surface area contributed by atoms with Gasteiger partial charge in [-0.25, -0.2) is 0 Å². The fourth-order valence-electron chi connectivity index (χ4n) is 4.61. The Balaban J connectivity index is 1.66. The van der Waals surface area contributed by atoms with Gasteiger partial charge in [0.2, 0.25) is 0 Å². The molecule has 3 atom stereocenters. The van der Waals surface area contributed by atoms with Crippen molar-refractivity contribution in [3.8, 4) is 0 Å². The van der Waals surface area contributed by atoms with E-state index in [9.17, 15) is 0 Å². The molecule has 0 aliphatic heterocycles. The van der Waals surface area contributed by atoms with E-state index < -0.39 is 0 Å². The Labute approximate surface area is 134 Å². The van der Waals surface area contributed by atoms with Gasteiger partial charge in [0.1, 0.15) is 0 Å². The van der Waals surface area contributed by atoms with E-state index in [1.54, 1.807) is 0 Å². The molecule has 0 spiro atoms. The van der Waals surface area contributed by atoms with Gasteiger partial charge < -0.3 is 5.32 Å². The van der Waals surface area contributed by atoms with E-state index in [2.05, 4.69) is 59.0 Å². The number of nitrogens with one attached hydrogen (secondary N) is 1. The maximum atomic E-state index is 3.90. The topological polar surface area (TPSA) is 12.0 Å². The van der Waals surface area contributed by atoms with Crippen LogP contribution in [0.25, 0.3) is 0 Å². The van der Waals surface area contributed by atoms with Crippen LogP contribution in [0.1, 0.15) is 70.6 Å². The second-order valence-corrected chi connectivity index (χ2v) is 10.2. The summed E-state index contributed by atoms with van der Waals surface area (Å²) in [7, 11) is 0. The van der Waals surface area contributed by atoms with Crippen LogP contribution in [0, 0.1) is 16.7 Å². The van der Waals surface area contributed by atoms with E-state index in [1.165, 1.54) is 29.0 Å². The first kappa shape index (κ1) is 15.6. The molecule has 2 fully saturated rings. The molecule has 1 aromatic rings. The SMILES string of the molecule is CC(C)(C)c1ccc(CNC2CC3CCC2(C)C3(C)C)s1. The molecule has 3 unspecified atom stereocenters. The number of thiophene rings is 1. The molecular formula is C19H31NS. The number of hydrogen-bond acceptors (Lipinski definition) is 2. The highest BCUT2D eigenvalue weighted by atomic mass is 32.1. The van der Waals surface area contributed by atoms with Gasteiger partial charge in [-0.1, -0.05) is 41.5 Å². The quantitative estimate of drug-likeness (QED) is 0.793. The Morgan fingerprint density at radius 3 is 2.43 bits per heavy atom. The number of rotatable bonds is 3. The fourth-order valence-corrected chi connectivity index (χ4v) is 5.63. The molecule has 2 saturated carbocycles. The maximum absolute atomic E-state index is 3.90. The Hall–Kier alpha value is -0.340. The molecule has 1 N–H and O–H groups in total. The van der Waals surface area contributed by atoms with Gasteiger partial charge in [0.05, 0.1) is 0 Å². The van der Waals surface area contributed by atoms with E-state index >= 15 is 0 Å². The molecule has 2 heteroatoms. The van der Waals surface area contributed by atoms with Gasteiger partial charge >= 0.3 is 0 Å². The predicted molar refractivity (Wildman–Crippen MR) is 92.9 cm³/mol. The van der Waals surface area contributed by atoms with E-state index in [4.69, 9.17) is 0 Å². The summed E-state index contributed by atoms with van der Waals surface area (Å²) < 4.78 is 0. The molecule has 3 rings (SSSR count). The Bertz CT molecular complexity index is 522. The standard InChI is InChI=1S/C19H31NS/c1-17(2,3)16-8-7-14(21-16)12-20-15-11-13-9-10-19(15,6)18(13,4)5/h7-8,13,15,20H,9-12H2,1-6H3. The second-order valence-electron chi connectivity index (χ2n) is 9.06. The average Bonchev–Trinajstić information content (AvgIpc) is 2.97. The second kappa shape index (κ2) is 4.83. The van der Waals surface area contributed by atoms with Crippen molar-refractivity contribution in [2.45, 2.75) is 78.8 Å². The molecule has 0 aromatic carbocycles. The van der Waals surface area contributed by atoms with Crippen LogP contribution in [0.3, 0.4) is 0 Å². The van der Waals surface area contributed by atoms with Crippen LogP contribution < -0.4 is 5.32 Å². The third kappa shape index (κ3) is 2.39. The van der Waals surface area contributed by atoms with Crippen molar-refractivity contribution in [3.63, 3.8) is 0 Å². The smallest absolute Gasteiger partial charge is 0.0302 e. The lowest BCUT2D eigenvalue weighted by Crippen LogP contribution is -2.44. The van der Waals surface area contributed by atoms with Crippen molar-refractivity contribution in [1.82, 2.24) is 5.32 Å². The normalized spacial score (nSPS) is 34.6. The van der Waals surface area contributed by atoms with Crippen molar-refractivity contribution in [3.05, 3.63) is 21.9 Å². The van der Waals surface area contributed by atoms with Crippen LogP contribution in [-0.4, -0.2) is 6.04 Å². The zero-order chi connectivity index (χ0) is 15.5. The minimum atomic E-state index is 0.281. The molecule has 2 aliphatic rings. The Morgan fingerprint density at radius 1 is 1.24 bits per heavy atom. The van der Waals surface area contributed by atoms with E-state index in [-0.39, 0.29) is 5.41 Å². The minimum absolute atomic E-state index is 0.281. The zero-order valence-electron chi connectivity index (χ0n) is 14.5. The third-order valence-electron chi connectivity index (χ3n) is 6.72. The van der Waals surface area contributed by atoms with Crippen LogP contribution in [0.2, 0.25) is 0 Å². The molecule has 2 bridgehead atoms. The molecule has 1 aromatic heterocycles. The highest BCUT2D eigenvalue weighted by molar-refractivity contribution is 7.12. The van der Waals surface area contributed by atoms with Crippen LogP contribution in [0.4, 0.5) is 0 Å². The summed E-state index contributed by atoms with van der Waals surface area (Å²) in [6.07, 6.45) is 4.22. The molecule has 0 radical (unpaired) electrons. The molecule has 0 amide bonds. The van der Waals surface area contributed by atoms with Gasteiger partial charge in [0, 0.05) is 22.3 Å². The Morgan fingerprint density at radius 2 is 1.95 bits per heavy atom. The summed E-state index contributed by atoms with van der Waals surface area (Å²) in [4.78, 5) is 2.99. The third-order valence-corrected chi connectivity index (χ3v) is 8.23. The summed E-state index contributed by atoms with van der Waals surface area (Å²) in [6, 6.07) is 5.33. The van der Waals surface area contributed by atoms with Crippen LogP contribution in [-0.2, 0) is 12.0 Å². The van der Waals surface area contributed by atoms with E-state index in [0.29, 0.717) is 16.9 Å². The molecule has 2 aliphatic carbocycles.